The average Bonchev–Trinajstić information content (AvgIpc) is 2.06. The van der Waals surface area contributed by atoms with E-state index in [0.29, 0.717) is 24.2 Å². The number of aliphatic hydroxyl groups is 2. The van der Waals surface area contributed by atoms with Gasteiger partial charge in [-0.05, 0) is 43.4 Å². The van der Waals surface area contributed by atoms with E-state index in [1.165, 1.54) is 0 Å². The third kappa shape index (κ3) is 1.44. The maximum atomic E-state index is 10.4. The van der Waals surface area contributed by atoms with Crippen LogP contribution in [0.2, 0.25) is 0 Å². The molecule has 4 aliphatic rings. The van der Waals surface area contributed by atoms with Gasteiger partial charge in [0.25, 0.3) is 0 Å². The second-order valence-electron chi connectivity index (χ2n) is 6.08. The molecule has 4 rings (SSSR count). The summed E-state index contributed by atoms with van der Waals surface area (Å²) in [6.07, 6.45) is 4.10. The Morgan fingerprint density at radius 2 is 1.53 bits per heavy atom. The average molecular weight is 212 g/mol. The van der Waals surface area contributed by atoms with Crippen LogP contribution in [0.15, 0.2) is 0 Å². The highest BCUT2D eigenvalue weighted by Gasteiger charge is 2.60. The lowest BCUT2D eigenvalue weighted by Crippen LogP contribution is -2.62. The quantitative estimate of drug-likeness (QED) is 0.716. The number of hydrogen-bond donors (Lipinski definition) is 2. The Kier molecular flexibility index (Phi) is 1.99. The van der Waals surface area contributed by atoms with Gasteiger partial charge in [-0.1, -0.05) is 0 Å². The molecule has 2 N–H and O–H groups in total. The van der Waals surface area contributed by atoms with Gasteiger partial charge in [-0.15, -0.1) is 0 Å². The van der Waals surface area contributed by atoms with Crippen molar-refractivity contribution in [3.8, 4) is 0 Å². The monoisotopic (exact) mass is 212 g/mol. The van der Waals surface area contributed by atoms with Crippen LogP contribution in [-0.2, 0) is 4.74 Å². The predicted molar refractivity (Wildman–Crippen MR) is 55.3 cm³/mol. The molecule has 86 valence electrons. The van der Waals surface area contributed by atoms with Crippen LogP contribution in [0.1, 0.15) is 32.1 Å². The minimum Gasteiger partial charge on any atom is -0.390 e. The van der Waals surface area contributed by atoms with E-state index in [0.717, 1.165) is 32.3 Å². The lowest BCUT2D eigenvalue weighted by Gasteiger charge is -2.61. The van der Waals surface area contributed by atoms with Gasteiger partial charge in [-0.25, -0.2) is 0 Å². The standard InChI is InChI=1S/C12H20O3/c1-15-6-10-8-2-11(13)4-9(10)5-12(14,3-8)7-11/h8-10,13-14H,2-7H2,1H3. The summed E-state index contributed by atoms with van der Waals surface area (Å²) < 4.78 is 5.27. The van der Waals surface area contributed by atoms with Gasteiger partial charge in [0.15, 0.2) is 0 Å². The van der Waals surface area contributed by atoms with E-state index in [1.54, 1.807) is 7.11 Å². The van der Waals surface area contributed by atoms with Gasteiger partial charge in [0.2, 0.25) is 0 Å². The molecule has 3 heteroatoms. The van der Waals surface area contributed by atoms with Gasteiger partial charge in [0.05, 0.1) is 11.2 Å². The normalized spacial score (nSPS) is 57.4. The molecule has 3 nitrogen and oxygen atoms in total. The Morgan fingerprint density at radius 3 is 1.93 bits per heavy atom. The summed E-state index contributed by atoms with van der Waals surface area (Å²) in [6.45, 7) is 0.793. The van der Waals surface area contributed by atoms with Gasteiger partial charge in [0.1, 0.15) is 0 Å². The van der Waals surface area contributed by atoms with Crippen molar-refractivity contribution in [3.05, 3.63) is 0 Å². The molecule has 0 aromatic heterocycles. The number of methoxy groups -OCH3 is 1. The van der Waals surface area contributed by atoms with Crippen molar-refractivity contribution in [1.29, 1.82) is 0 Å². The second-order valence-corrected chi connectivity index (χ2v) is 6.08. The zero-order valence-corrected chi connectivity index (χ0v) is 9.28. The van der Waals surface area contributed by atoms with Crippen molar-refractivity contribution in [2.75, 3.05) is 13.7 Å². The molecule has 0 unspecified atom stereocenters. The van der Waals surface area contributed by atoms with E-state index >= 15 is 0 Å². The molecular weight excluding hydrogens is 192 g/mol. The highest BCUT2D eigenvalue weighted by atomic mass is 16.5. The van der Waals surface area contributed by atoms with Gasteiger partial charge < -0.3 is 14.9 Å². The van der Waals surface area contributed by atoms with Gasteiger partial charge >= 0.3 is 0 Å². The van der Waals surface area contributed by atoms with Crippen LogP contribution < -0.4 is 0 Å². The highest BCUT2D eigenvalue weighted by molar-refractivity contribution is 5.11. The molecule has 0 radical (unpaired) electrons. The molecule has 4 bridgehead atoms. The molecule has 0 aromatic rings. The Balaban J connectivity index is 1.87. The maximum Gasteiger partial charge on any atom is 0.0680 e. The number of hydrogen-bond acceptors (Lipinski definition) is 3. The van der Waals surface area contributed by atoms with E-state index in [2.05, 4.69) is 0 Å². The molecule has 0 heterocycles. The van der Waals surface area contributed by atoms with Crippen molar-refractivity contribution in [2.45, 2.75) is 43.3 Å². The fraction of sp³-hybridized carbons (Fsp3) is 1.00. The molecule has 0 aliphatic heterocycles. The van der Waals surface area contributed by atoms with Crippen molar-refractivity contribution in [1.82, 2.24) is 0 Å². The van der Waals surface area contributed by atoms with Gasteiger partial charge in [-0.2, -0.15) is 0 Å². The molecule has 4 aliphatic carbocycles. The SMILES string of the molecule is COCC1C2CC3(O)CC1CC(O)(C2)C3. The van der Waals surface area contributed by atoms with E-state index in [9.17, 15) is 10.2 Å². The number of rotatable bonds is 2. The zero-order valence-electron chi connectivity index (χ0n) is 9.28. The molecule has 0 saturated heterocycles. The highest BCUT2D eigenvalue weighted by Crippen LogP contribution is 2.59. The maximum absolute atomic E-state index is 10.4. The van der Waals surface area contributed by atoms with Crippen LogP contribution in [0, 0.1) is 17.8 Å². The first-order chi connectivity index (χ1) is 7.04. The Morgan fingerprint density at radius 1 is 1.07 bits per heavy atom. The van der Waals surface area contributed by atoms with Crippen LogP contribution in [0.3, 0.4) is 0 Å². The largest absolute Gasteiger partial charge is 0.390 e. The third-order valence-corrected chi connectivity index (χ3v) is 4.80. The van der Waals surface area contributed by atoms with E-state index in [4.69, 9.17) is 4.74 Å². The topological polar surface area (TPSA) is 49.7 Å². The van der Waals surface area contributed by atoms with Crippen LogP contribution >= 0.6 is 0 Å². The van der Waals surface area contributed by atoms with Gasteiger partial charge in [-0.3, -0.25) is 0 Å². The fourth-order valence-corrected chi connectivity index (χ4v) is 4.62. The number of ether oxygens (including phenoxy) is 1. The van der Waals surface area contributed by atoms with E-state index in [-0.39, 0.29) is 0 Å². The molecule has 0 amide bonds. The first-order valence-corrected chi connectivity index (χ1v) is 5.97. The predicted octanol–water partition coefficient (Wildman–Crippen LogP) is 0.935. The Labute approximate surface area is 90.4 Å². The Hall–Kier alpha value is -0.120. The molecule has 0 spiro atoms. The molecule has 0 aromatic carbocycles. The van der Waals surface area contributed by atoms with Crippen molar-refractivity contribution < 1.29 is 14.9 Å². The van der Waals surface area contributed by atoms with Gasteiger partial charge in [0, 0.05) is 20.1 Å². The first kappa shape index (κ1) is 10.1. The van der Waals surface area contributed by atoms with Crippen molar-refractivity contribution >= 4 is 0 Å². The molecule has 15 heavy (non-hydrogen) atoms. The second kappa shape index (κ2) is 2.96. The minimum absolute atomic E-state index is 0.473. The van der Waals surface area contributed by atoms with Crippen LogP contribution in [0.4, 0.5) is 0 Å². The smallest absolute Gasteiger partial charge is 0.0680 e. The summed E-state index contributed by atoms with van der Waals surface area (Å²) in [5.74, 6) is 1.51. The van der Waals surface area contributed by atoms with Crippen LogP contribution in [-0.4, -0.2) is 35.1 Å². The molecular formula is C12H20O3. The lowest BCUT2D eigenvalue weighted by atomic mass is 9.48. The Bertz CT molecular complexity index is 240. The summed E-state index contributed by atoms with van der Waals surface area (Å²) in [7, 11) is 1.74. The van der Waals surface area contributed by atoms with E-state index < -0.39 is 11.2 Å². The summed E-state index contributed by atoms with van der Waals surface area (Å²) in [5, 5.41) is 20.7. The minimum atomic E-state index is -0.565. The summed E-state index contributed by atoms with van der Waals surface area (Å²) in [6, 6.07) is 0. The molecule has 4 fully saturated rings. The summed E-state index contributed by atoms with van der Waals surface area (Å²) >= 11 is 0. The van der Waals surface area contributed by atoms with Crippen LogP contribution in [0.25, 0.3) is 0 Å². The molecule has 4 saturated carbocycles. The zero-order chi connectivity index (χ0) is 10.7. The third-order valence-electron chi connectivity index (χ3n) is 4.80. The first-order valence-electron chi connectivity index (χ1n) is 5.97. The van der Waals surface area contributed by atoms with Crippen LogP contribution in [0.5, 0.6) is 0 Å². The summed E-state index contributed by atoms with van der Waals surface area (Å²) in [4.78, 5) is 0. The summed E-state index contributed by atoms with van der Waals surface area (Å²) in [5.41, 5.74) is -1.13. The molecule has 0 atom stereocenters. The van der Waals surface area contributed by atoms with Crippen molar-refractivity contribution in [3.63, 3.8) is 0 Å². The lowest BCUT2D eigenvalue weighted by molar-refractivity contribution is -0.224. The van der Waals surface area contributed by atoms with E-state index in [1.807, 2.05) is 0 Å². The van der Waals surface area contributed by atoms with Crippen molar-refractivity contribution in [2.24, 2.45) is 17.8 Å². The fourth-order valence-electron chi connectivity index (χ4n) is 4.62.